The predicted molar refractivity (Wildman–Crippen MR) is 86.5 cm³/mol. The highest BCUT2D eigenvalue weighted by Crippen LogP contribution is 2.45. The SMILES string of the molecule is CCCCC1CC(c2ccc(O)cc2)Oc2ccc(O)cc21. The molecule has 3 heteroatoms. The number of rotatable bonds is 4. The Bertz CT molecular complexity index is 634. The molecule has 0 spiro atoms. The summed E-state index contributed by atoms with van der Waals surface area (Å²) in [5, 5.41) is 19.2. The molecule has 0 fully saturated rings. The lowest BCUT2D eigenvalue weighted by Gasteiger charge is -2.32. The van der Waals surface area contributed by atoms with Gasteiger partial charge in [-0.1, -0.05) is 31.9 Å². The highest BCUT2D eigenvalue weighted by molar-refractivity contribution is 5.44. The molecule has 1 aliphatic heterocycles. The van der Waals surface area contributed by atoms with E-state index in [2.05, 4.69) is 6.92 Å². The first-order chi connectivity index (χ1) is 10.7. The van der Waals surface area contributed by atoms with Crippen molar-refractivity contribution >= 4 is 0 Å². The van der Waals surface area contributed by atoms with Crippen LogP contribution in [0.15, 0.2) is 42.5 Å². The van der Waals surface area contributed by atoms with E-state index in [0.29, 0.717) is 11.7 Å². The molecule has 22 heavy (non-hydrogen) atoms. The summed E-state index contributed by atoms with van der Waals surface area (Å²) in [5.74, 6) is 1.83. The Labute approximate surface area is 131 Å². The Morgan fingerprint density at radius 3 is 2.50 bits per heavy atom. The van der Waals surface area contributed by atoms with Gasteiger partial charge in [0.25, 0.3) is 0 Å². The van der Waals surface area contributed by atoms with Crippen molar-refractivity contribution in [2.45, 2.75) is 44.6 Å². The van der Waals surface area contributed by atoms with Gasteiger partial charge in [0.1, 0.15) is 23.4 Å². The number of phenols is 2. The highest BCUT2D eigenvalue weighted by atomic mass is 16.5. The fourth-order valence-corrected chi connectivity index (χ4v) is 3.17. The number of aromatic hydroxyl groups is 2. The third-order valence-corrected chi connectivity index (χ3v) is 4.37. The van der Waals surface area contributed by atoms with E-state index in [1.807, 2.05) is 24.3 Å². The molecule has 0 bridgehead atoms. The molecule has 2 aromatic rings. The van der Waals surface area contributed by atoms with E-state index in [0.717, 1.165) is 36.1 Å². The van der Waals surface area contributed by atoms with Gasteiger partial charge in [-0.05, 0) is 54.7 Å². The van der Waals surface area contributed by atoms with Gasteiger partial charge in [0, 0.05) is 5.56 Å². The van der Waals surface area contributed by atoms with Gasteiger partial charge in [-0.2, -0.15) is 0 Å². The van der Waals surface area contributed by atoms with Crippen LogP contribution in [0.1, 0.15) is 55.8 Å². The van der Waals surface area contributed by atoms with E-state index < -0.39 is 0 Å². The monoisotopic (exact) mass is 298 g/mol. The summed E-state index contributed by atoms with van der Waals surface area (Å²) in [5.41, 5.74) is 2.20. The summed E-state index contributed by atoms with van der Waals surface area (Å²) in [4.78, 5) is 0. The average molecular weight is 298 g/mol. The summed E-state index contributed by atoms with van der Waals surface area (Å²) in [6.07, 6.45) is 4.34. The van der Waals surface area contributed by atoms with Gasteiger partial charge in [-0.25, -0.2) is 0 Å². The zero-order valence-electron chi connectivity index (χ0n) is 12.8. The minimum Gasteiger partial charge on any atom is -0.508 e. The second-order valence-electron chi connectivity index (χ2n) is 6.00. The van der Waals surface area contributed by atoms with Crippen molar-refractivity contribution in [3.63, 3.8) is 0 Å². The third kappa shape index (κ3) is 3.03. The Morgan fingerprint density at radius 1 is 1.05 bits per heavy atom. The van der Waals surface area contributed by atoms with E-state index in [1.54, 1.807) is 18.2 Å². The zero-order valence-corrected chi connectivity index (χ0v) is 12.8. The number of fused-ring (bicyclic) bond motifs is 1. The largest absolute Gasteiger partial charge is 0.508 e. The molecular weight excluding hydrogens is 276 g/mol. The lowest BCUT2D eigenvalue weighted by atomic mass is 9.84. The van der Waals surface area contributed by atoms with E-state index in [1.165, 1.54) is 6.42 Å². The molecule has 2 unspecified atom stereocenters. The Hall–Kier alpha value is -2.16. The van der Waals surface area contributed by atoms with Crippen molar-refractivity contribution in [2.75, 3.05) is 0 Å². The van der Waals surface area contributed by atoms with Gasteiger partial charge >= 0.3 is 0 Å². The molecule has 1 aliphatic rings. The molecule has 0 saturated carbocycles. The van der Waals surface area contributed by atoms with Crippen LogP contribution in [0.5, 0.6) is 17.2 Å². The number of phenolic OH excluding ortho intramolecular Hbond substituents is 2. The van der Waals surface area contributed by atoms with Crippen LogP contribution >= 0.6 is 0 Å². The molecule has 2 N–H and O–H groups in total. The molecule has 0 radical (unpaired) electrons. The smallest absolute Gasteiger partial charge is 0.124 e. The summed E-state index contributed by atoms with van der Waals surface area (Å²) < 4.78 is 6.13. The third-order valence-electron chi connectivity index (χ3n) is 4.37. The van der Waals surface area contributed by atoms with Crippen molar-refractivity contribution in [2.24, 2.45) is 0 Å². The number of benzene rings is 2. The van der Waals surface area contributed by atoms with Crippen molar-refractivity contribution < 1.29 is 14.9 Å². The van der Waals surface area contributed by atoms with Crippen LogP contribution in [-0.2, 0) is 0 Å². The normalized spacial score (nSPS) is 20.2. The van der Waals surface area contributed by atoms with Crippen LogP contribution in [0.3, 0.4) is 0 Å². The first-order valence-corrected chi connectivity index (χ1v) is 7.96. The second-order valence-corrected chi connectivity index (χ2v) is 6.00. The summed E-state index contributed by atoms with van der Waals surface area (Å²) in [6.45, 7) is 2.19. The molecule has 0 amide bonds. The molecule has 0 aliphatic carbocycles. The first-order valence-electron chi connectivity index (χ1n) is 7.96. The minimum absolute atomic E-state index is 0.000464. The van der Waals surface area contributed by atoms with Crippen LogP contribution < -0.4 is 4.74 Å². The molecular formula is C19H22O3. The van der Waals surface area contributed by atoms with Gasteiger partial charge in [-0.15, -0.1) is 0 Å². The van der Waals surface area contributed by atoms with Crippen molar-refractivity contribution in [1.82, 2.24) is 0 Å². The summed E-state index contributed by atoms with van der Waals surface area (Å²) in [7, 11) is 0. The van der Waals surface area contributed by atoms with Crippen LogP contribution in [0.4, 0.5) is 0 Å². The van der Waals surface area contributed by atoms with Crippen LogP contribution in [0.2, 0.25) is 0 Å². The van der Waals surface area contributed by atoms with Crippen molar-refractivity contribution in [1.29, 1.82) is 0 Å². The summed E-state index contributed by atoms with van der Waals surface area (Å²) >= 11 is 0. The molecule has 2 atom stereocenters. The number of ether oxygens (including phenoxy) is 1. The molecule has 1 heterocycles. The second kappa shape index (κ2) is 6.30. The Balaban J connectivity index is 1.90. The molecule has 0 aromatic heterocycles. The fraction of sp³-hybridized carbons (Fsp3) is 0.368. The Kier molecular flexibility index (Phi) is 4.23. The molecule has 116 valence electrons. The minimum atomic E-state index is -0.000464. The number of hydrogen-bond donors (Lipinski definition) is 2. The molecule has 0 saturated heterocycles. The van der Waals surface area contributed by atoms with Crippen molar-refractivity contribution in [3.05, 3.63) is 53.6 Å². The van der Waals surface area contributed by atoms with Gasteiger partial charge in [0.05, 0.1) is 0 Å². The number of unbranched alkanes of at least 4 members (excludes halogenated alkanes) is 1. The zero-order chi connectivity index (χ0) is 15.5. The maximum atomic E-state index is 9.76. The van der Waals surface area contributed by atoms with Crippen LogP contribution in [0.25, 0.3) is 0 Å². The Morgan fingerprint density at radius 2 is 1.77 bits per heavy atom. The topological polar surface area (TPSA) is 49.7 Å². The molecule has 3 nitrogen and oxygen atoms in total. The standard InChI is InChI=1S/C19H22O3/c1-2-3-4-14-11-19(13-5-7-15(20)8-6-13)22-18-10-9-16(21)12-17(14)18/h5-10,12,14,19-21H,2-4,11H2,1H3. The van der Waals surface area contributed by atoms with Crippen LogP contribution in [0, 0.1) is 0 Å². The quantitative estimate of drug-likeness (QED) is 0.844. The van der Waals surface area contributed by atoms with E-state index in [4.69, 9.17) is 4.74 Å². The summed E-state index contributed by atoms with van der Waals surface area (Å²) in [6, 6.07) is 12.6. The lowest BCUT2D eigenvalue weighted by Crippen LogP contribution is -2.19. The van der Waals surface area contributed by atoms with Crippen LogP contribution in [-0.4, -0.2) is 10.2 Å². The predicted octanol–water partition coefficient (Wildman–Crippen LogP) is 4.90. The maximum Gasteiger partial charge on any atom is 0.124 e. The van der Waals surface area contributed by atoms with E-state index >= 15 is 0 Å². The first kappa shape index (κ1) is 14.8. The fourth-order valence-electron chi connectivity index (χ4n) is 3.17. The van der Waals surface area contributed by atoms with E-state index in [9.17, 15) is 10.2 Å². The average Bonchev–Trinajstić information content (AvgIpc) is 2.53. The van der Waals surface area contributed by atoms with Gasteiger partial charge in [0.15, 0.2) is 0 Å². The number of hydrogen-bond acceptors (Lipinski definition) is 3. The lowest BCUT2D eigenvalue weighted by molar-refractivity contribution is 0.157. The van der Waals surface area contributed by atoms with Gasteiger partial charge < -0.3 is 14.9 Å². The van der Waals surface area contributed by atoms with Gasteiger partial charge in [-0.3, -0.25) is 0 Å². The van der Waals surface area contributed by atoms with E-state index in [-0.39, 0.29) is 11.9 Å². The molecule has 2 aromatic carbocycles. The highest BCUT2D eigenvalue weighted by Gasteiger charge is 2.29. The maximum absolute atomic E-state index is 9.76. The van der Waals surface area contributed by atoms with Gasteiger partial charge in [0.2, 0.25) is 0 Å². The van der Waals surface area contributed by atoms with Crippen molar-refractivity contribution in [3.8, 4) is 17.2 Å². The molecule has 3 rings (SSSR count).